The molecular weight excluding hydrogens is 288 g/mol. The maximum Gasteiger partial charge on any atom is 0.248 e. The van der Waals surface area contributed by atoms with Crippen LogP contribution in [0.3, 0.4) is 0 Å². The minimum Gasteiger partial charge on any atom is -0.394 e. The molecule has 0 aromatic heterocycles. The number of nitrogens with two attached hydrogens (primary N) is 1. The molecule has 0 bridgehead atoms. The monoisotopic (exact) mass is 310 g/mol. The van der Waals surface area contributed by atoms with Crippen molar-refractivity contribution in [2.75, 3.05) is 6.61 Å². The molecule has 4 nitrogen and oxygen atoms in total. The van der Waals surface area contributed by atoms with Gasteiger partial charge >= 0.3 is 0 Å². The number of primary amides is 1. The van der Waals surface area contributed by atoms with Crippen molar-refractivity contribution in [3.63, 3.8) is 0 Å². The molecule has 5 heteroatoms. The van der Waals surface area contributed by atoms with E-state index in [0.29, 0.717) is 23.0 Å². The van der Waals surface area contributed by atoms with Gasteiger partial charge in [-0.15, -0.1) is 0 Å². The summed E-state index contributed by atoms with van der Waals surface area (Å²) in [6.07, 6.45) is 4.30. The quantitative estimate of drug-likeness (QED) is 0.782. The number of hydrogen-bond donors (Lipinski definition) is 3. The molecule has 0 aliphatic heterocycles. The molecule has 2 atom stereocenters. The highest BCUT2D eigenvalue weighted by molar-refractivity contribution is 6.31. The summed E-state index contributed by atoms with van der Waals surface area (Å²) in [6, 6.07) is 5.09. The van der Waals surface area contributed by atoms with E-state index < -0.39 is 5.91 Å². The second-order valence-corrected chi connectivity index (χ2v) is 6.57. The molecule has 1 aliphatic rings. The summed E-state index contributed by atoms with van der Waals surface area (Å²) >= 11 is 6.20. The van der Waals surface area contributed by atoms with Crippen LogP contribution in [0.15, 0.2) is 18.2 Å². The number of rotatable bonds is 5. The van der Waals surface area contributed by atoms with Gasteiger partial charge in [-0.25, -0.2) is 0 Å². The summed E-state index contributed by atoms with van der Waals surface area (Å²) in [6.45, 7) is 2.93. The van der Waals surface area contributed by atoms with Crippen molar-refractivity contribution >= 4 is 17.5 Å². The zero-order chi connectivity index (χ0) is 15.5. The van der Waals surface area contributed by atoms with Crippen molar-refractivity contribution in [3.05, 3.63) is 34.3 Å². The van der Waals surface area contributed by atoms with Gasteiger partial charge in [-0.05, 0) is 36.5 Å². The van der Waals surface area contributed by atoms with Gasteiger partial charge in [0.15, 0.2) is 0 Å². The molecule has 1 fully saturated rings. The van der Waals surface area contributed by atoms with Gasteiger partial charge in [0, 0.05) is 22.7 Å². The molecule has 1 aromatic rings. The van der Waals surface area contributed by atoms with Crippen molar-refractivity contribution < 1.29 is 9.90 Å². The summed E-state index contributed by atoms with van der Waals surface area (Å²) < 4.78 is 0. The van der Waals surface area contributed by atoms with Crippen molar-refractivity contribution in [1.29, 1.82) is 0 Å². The van der Waals surface area contributed by atoms with Crippen molar-refractivity contribution in [3.8, 4) is 0 Å². The lowest BCUT2D eigenvalue weighted by Crippen LogP contribution is -2.51. The van der Waals surface area contributed by atoms with Crippen molar-refractivity contribution in [2.45, 2.75) is 44.7 Å². The maximum atomic E-state index is 11.1. The van der Waals surface area contributed by atoms with Crippen LogP contribution in [0.5, 0.6) is 0 Å². The Morgan fingerprint density at radius 3 is 2.90 bits per heavy atom. The molecule has 116 valence electrons. The summed E-state index contributed by atoms with van der Waals surface area (Å²) in [4.78, 5) is 11.1. The summed E-state index contributed by atoms with van der Waals surface area (Å²) in [5.41, 5.74) is 6.34. The highest BCUT2D eigenvalue weighted by atomic mass is 35.5. The number of amides is 1. The van der Waals surface area contributed by atoms with Gasteiger partial charge in [-0.1, -0.05) is 37.4 Å². The summed E-state index contributed by atoms with van der Waals surface area (Å²) in [7, 11) is 0. The molecule has 2 rings (SSSR count). The molecule has 1 aliphatic carbocycles. The van der Waals surface area contributed by atoms with Gasteiger partial charge < -0.3 is 16.2 Å². The minimum absolute atomic E-state index is 0.133. The van der Waals surface area contributed by atoms with E-state index in [0.717, 1.165) is 24.8 Å². The standard InChI is InChI=1S/C16H23ClN2O2/c1-11-3-2-6-16(8-11,10-20)19-9-13-5-4-12(15(18)21)7-14(13)17/h4-5,7,11,19-20H,2-3,6,8-10H2,1H3,(H2,18,21). The number of carbonyl (C=O) groups is 1. The molecule has 1 aromatic carbocycles. The predicted octanol–water partition coefficient (Wildman–Crippen LogP) is 2.47. The van der Waals surface area contributed by atoms with Gasteiger partial charge in [-0.3, -0.25) is 4.79 Å². The number of carbonyl (C=O) groups excluding carboxylic acids is 1. The Kier molecular flexibility index (Phi) is 5.25. The summed E-state index contributed by atoms with van der Waals surface area (Å²) in [5, 5.41) is 13.8. The van der Waals surface area contributed by atoms with E-state index in [2.05, 4.69) is 12.2 Å². The van der Waals surface area contributed by atoms with E-state index in [-0.39, 0.29) is 12.1 Å². The van der Waals surface area contributed by atoms with E-state index in [9.17, 15) is 9.90 Å². The zero-order valence-corrected chi connectivity index (χ0v) is 13.1. The van der Waals surface area contributed by atoms with Gasteiger partial charge in [0.05, 0.1) is 6.61 Å². The topological polar surface area (TPSA) is 75.3 Å². The first kappa shape index (κ1) is 16.3. The minimum atomic E-state index is -0.482. The second kappa shape index (κ2) is 6.77. The number of nitrogens with one attached hydrogen (secondary N) is 1. The molecule has 4 N–H and O–H groups in total. The Labute approximate surface area is 130 Å². The Bertz CT molecular complexity index is 521. The van der Waals surface area contributed by atoms with Gasteiger partial charge in [0.2, 0.25) is 5.91 Å². The largest absolute Gasteiger partial charge is 0.394 e. The lowest BCUT2D eigenvalue weighted by atomic mass is 9.77. The van der Waals surface area contributed by atoms with E-state index in [1.165, 1.54) is 6.42 Å². The lowest BCUT2D eigenvalue weighted by molar-refractivity contribution is 0.0982. The van der Waals surface area contributed by atoms with Gasteiger partial charge in [0.25, 0.3) is 0 Å². The first-order chi connectivity index (χ1) is 9.96. The maximum absolute atomic E-state index is 11.1. The molecule has 0 spiro atoms. The number of benzene rings is 1. The number of aliphatic hydroxyl groups is 1. The van der Waals surface area contributed by atoms with Crippen LogP contribution in [0.25, 0.3) is 0 Å². The second-order valence-electron chi connectivity index (χ2n) is 6.16. The Morgan fingerprint density at radius 2 is 2.33 bits per heavy atom. The van der Waals surface area contributed by atoms with Crippen LogP contribution < -0.4 is 11.1 Å². The van der Waals surface area contributed by atoms with Crippen LogP contribution in [-0.4, -0.2) is 23.2 Å². The number of aliphatic hydroxyl groups excluding tert-OH is 1. The van der Waals surface area contributed by atoms with Crippen molar-refractivity contribution in [2.24, 2.45) is 11.7 Å². The molecule has 0 heterocycles. The number of halogens is 1. The average Bonchev–Trinajstić information content (AvgIpc) is 2.46. The van der Waals surface area contributed by atoms with Crippen LogP contribution in [-0.2, 0) is 6.54 Å². The fourth-order valence-electron chi connectivity index (χ4n) is 3.15. The smallest absolute Gasteiger partial charge is 0.248 e. The highest BCUT2D eigenvalue weighted by Crippen LogP contribution is 2.32. The van der Waals surface area contributed by atoms with Crippen molar-refractivity contribution in [1.82, 2.24) is 5.32 Å². The lowest BCUT2D eigenvalue weighted by Gasteiger charge is -2.39. The molecule has 2 unspecified atom stereocenters. The zero-order valence-electron chi connectivity index (χ0n) is 12.4. The SMILES string of the molecule is CC1CCCC(CO)(NCc2ccc(C(N)=O)cc2Cl)C1. The normalized spacial score (nSPS) is 25.8. The number of hydrogen-bond acceptors (Lipinski definition) is 3. The molecule has 21 heavy (non-hydrogen) atoms. The first-order valence-electron chi connectivity index (χ1n) is 7.40. The Balaban J connectivity index is 2.06. The molecule has 0 saturated heterocycles. The third-order valence-electron chi connectivity index (χ3n) is 4.39. The van der Waals surface area contributed by atoms with E-state index in [1.807, 2.05) is 6.07 Å². The molecule has 1 saturated carbocycles. The van der Waals surface area contributed by atoms with E-state index in [4.69, 9.17) is 17.3 Å². The van der Waals surface area contributed by atoms with Crippen LogP contribution in [0, 0.1) is 5.92 Å². The summed E-state index contributed by atoms with van der Waals surface area (Å²) in [5.74, 6) is 0.135. The van der Waals surface area contributed by atoms with Gasteiger partial charge in [0.1, 0.15) is 0 Å². The van der Waals surface area contributed by atoms with E-state index in [1.54, 1.807) is 12.1 Å². The fourth-order valence-corrected chi connectivity index (χ4v) is 3.39. The molecular formula is C16H23ClN2O2. The molecule has 1 amide bonds. The van der Waals surface area contributed by atoms with Gasteiger partial charge in [-0.2, -0.15) is 0 Å². The fraction of sp³-hybridized carbons (Fsp3) is 0.562. The predicted molar refractivity (Wildman–Crippen MR) is 84.3 cm³/mol. The van der Waals surface area contributed by atoms with Crippen LogP contribution in [0.1, 0.15) is 48.5 Å². The van der Waals surface area contributed by atoms with E-state index >= 15 is 0 Å². The average molecular weight is 311 g/mol. The first-order valence-corrected chi connectivity index (χ1v) is 7.78. The third-order valence-corrected chi connectivity index (χ3v) is 4.74. The Hall–Kier alpha value is -1.10. The van der Waals surface area contributed by atoms with Crippen LogP contribution in [0.2, 0.25) is 5.02 Å². The van der Waals surface area contributed by atoms with Crippen LogP contribution in [0.4, 0.5) is 0 Å². The third kappa shape index (κ3) is 3.96. The Morgan fingerprint density at radius 1 is 1.57 bits per heavy atom. The van der Waals surface area contributed by atoms with Crippen LogP contribution >= 0.6 is 11.6 Å². The highest BCUT2D eigenvalue weighted by Gasteiger charge is 2.33. The molecule has 0 radical (unpaired) electrons.